The zero-order chi connectivity index (χ0) is 18.5. The SMILES string of the molecule is CC1=NC2C=CC(n3ncc(C(=O)c4cc5ccccc5[nH]4)c3N)=CC2N1. The highest BCUT2D eigenvalue weighted by atomic mass is 16.1. The summed E-state index contributed by atoms with van der Waals surface area (Å²) in [6.07, 6.45) is 7.51. The lowest BCUT2D eigenvalue weighted by atomic mass is 10.0. The lowest BCUT2D eigenvalue weighted by Gasteiger charge is -2.18. The number of anilines is 1. The molecule has 7 heteroatoms. The van der Waals surface area contributed by atoms with Gasteiger partial charge in [0, 0.05) is 10.9 Å². The average Bonchev–Trinajstić information content (AvgIpc) is 3.35. The average molecular weight is 358 g/mol. The molecule has 2 aliphatic rings. The van der Waals surface area contributed by atoms with E-state index in [9.17, 15) is 4.79 Å². The Morgan fingerprint density at radius 1 is 1.30 bits per heavy atom. The maximum absolute atomic E-state index is 12.9. The maximum atomic E-state index is 12.9. The molecule has 3 aromatic rings. The molecule has 4 N–H and O–H groups in total. The topological polar surface area (TPSA) is 101 Å². The maximum Gasteiger partial charge on any atom is 0.214 e. The number of hydrogen-bond acceptors (Lipinski definition) is 5. The minimum Gasteiger partial charge on any atom is -0.383 e. The zero-order valence-electron chi connectivity index (χ0n) is 14.7. The van der Waals surface area contributed by atoms with Gasteiger partial charge < -0.3 is 16.0 Å². The summed E-state index contributed by atoms with van der Waals surface area (Å²) in [6, 6.07) is 9.78. The Morgan fingerprint density at radius 2 is 2.15 bits per heavy atom. The molecule has 0 fully saturated rings. The van der Waals surface area contributed by atoms with E-state index < -0.39 is 0 Å². The molecule has 1 aromatic carbocycles. The molecule has 7 nitrogen and oxygen atoms in total. The van der Waals surface area contributed by atoms with Gasteiger partial charge >= 0.3 is 0 Å². The predicted octanol–water partition coefficient (Wildman–Crippen LogP) is 2.35. The number of aromatic nitrogens is 3. The third-order valence-electron chi connectivity index (χ3n) is 4.97. The van der Waals surface area contributed by atoms with Gasteiger partial charge in [-0.1, -0.05) is 24.3 Å². The zero-order valence-corrected chi connectivity index (χ0v) is 14.7. The van der Waals surface area contributed by atoms with Crippen molar-refractivity contribution in [2.24, 2.45) is 4.99 Å². The first kappa shape index (κ1) is 15.6. The van der Waals surface area contributed by atoms with E-state index in [-0.39, 0.29) is 17.9 Å². The highest BCUT2D eigenvalue weighted by Crippen LogP contribution is 2.26. The van der Waals surface area contributed by atoms with Gasteiger partial charge in [0.25, 0.3) is 0 Å². The first-order valence-electron chi connectivity index (χ1n) is 8.77. The number of carbonyl (C=O) groups excluding carboxylic acids is 1. The van der Waals surface area contributed by atoms with Crippen molar-refractivity contribution >= 4 is 34.0 Å². The summed E-state index contributed by atoms with van der Waals surface area (Å²) in [5.41, 5.74) is 8.89. The predicted molar refractivity (Wildman–Crippen MR) is 106 cm³/mol. The Morgan fingerprint density at radius 3 is 3.00 bits per heavy atom. The van der Waals surface area contributed by atoms with Crippen molar-refractivity contribution in [1.82, 2.24) is 20.1 Å². The number of nitrogens with two attached hydrogens (primary N) is 1. The third kappa shape index (κ3) is 2.47. The van der Waals surface area contributed by atoms with Gasteiger partial charge in [0.05, 0.1) is 41.1 Å². The van der Waals surface area contributed by atoms with E-state index >= 15 is 0 Å². The number of para-hydroxylation sites is 1. The van der Waals surface area contributed by atoms with Crippen molar-refractivity contribution in [1.29, 1.82) is 0 Å². The fraction of sp³-hybridized carbons (Fsp3) is 0.150. The number of H-pyrrole nitrogens is 1. The second-order valence-electron chi connectivity index (χ2n) is 6.78. The van der Waals surface area contributed by atoms with Crippen molar-refractivity contribution in [3.8, 4) is 0 Å². The lowest BCUT2D eigenvalue weighted by Crippen LogP contribution is -2.33. The molecule has 0 radical (unpaired) electrons. The molecule has 1 aliphatic carbocycles. The monoisotopic (exact) mass is 358 g/mol. The number of amidine groups is 1. The van der Waals surface area contributed by atoms with E-state index in [1.807, 2.05) is 55.5 Å². The molecule has 1 aliphatic heterocycles. The van der Waals surface area contributed by atoms with Crippen molar-refractivity contribution in [3.63, 3.8) is 0 Å². The first-order chi connectivity index (χ1) is 13.1. The van der Waals surface area contributed by atoms with Gasteiger partial charge in [-0.3, -0.25) is 9.79 Å². The van der Waals surface area contributed by atoms with Crippen molar-refractivity contribution in [2.75, 3.05) is 5.73 Å². The Balaban J connectivity index is 1.48. The van der Waals surface area contributed by atoms with E-state index in [2.05, 4.69) is 20.4 Å². The molecular weight excluding hydrogens is 340 g/mol. The molecule has 0 bridgehead atoms. The normalized spacial score (nSPS) is 20.9. The van der Waals surface area contributed by atoms with Gasteiger partial charge in [-0.05, 0) is 31.2 Å². The van der Waals surface area contributed by atoms with Crippen LogP contribution in [0.2, 0.25) is 0 Å². The Kier molecular flexibility index (Phi) is 3.30. The summed E-state index contributed by atoms with van der Waals surface area (Å²) in [5, 5.41) is 8.64. The third-order valence-corrected chi connectivity index (χ3v) is 4.97. The number of ketones is 1. The molecule has 0 saturated heterocycles. The fourth-order valence-electron chi connectivity index (χ4n) is 3.63. The molecule has 0 spiro atoms. The number of nitrogens with zero attached hydrogens (tertiary/aromatic N) is 3. The van der Waals surface area contributed by atoms with Crippen LogP contribution in [0.3, 0.4) is 0 Å². The van der Waals surface area contributed by atoms with E-state index in [1.54, 1.807) is 4.68 Å². The Labute approximate surface area is 155 Å². The van der Waals surface area contributed by atoms with Gasteiger partial charge in [-0.25, -0.2) is 4.68 Å². The van der Waals surface area contributed by atoms with Gasteiger partial charge in [-0.2, -0.15) is 5.10 Å². The lowest BCUT2D eigenvalue weighted by molar-refractivity contribution is 0.103. The molecule has 0 saturated carbocycles. The van der Waals surface area contributed by atoms with Crippen LogP contribution in [-0.4, -0.2) is 38.5 Å². The number of aromatic amines is 1. The van der Waals surface area contributed by atoms with E-state index in [0.29, 0.717) is 17.1 Å². The summed E-state index contributed by atoms with van der Waals surface area (Å²) < 4.78 is 1.60. The van der Waals surface area contributed by atoms with E-state index in [4.69, 9.17) is 5.73 Å². The van der Waals surface area contributed by atoms with E-state index in [1.165, 1.54) is 6.20 Å². The standard InChI is InChI=1S/C20H18N6O/c1-11-23-16-7-6-13(9-17(16)24-11)26-20(21)14(10-22-26)19(27)18-8-12-4-2-3-5-15(12)25-18/h2-10,16-17,25H,21H2,1H3,(H,23,24). The summed E-state index contributed by atoms with van der Waals surface area (Å²) in [5.74, 6) is 1.06. The smallest absolute Gasteiger partial charge is 0.214 e. The molecule has 3 heterocycles. The van der Waals surface area contributed by atoms with Crippen LogP contribution in [0.5, 0.6) is 0 Å². The van der Waals surface area contributed by atoms with Gasteiger partial charge in [0.15, 0.2) is 0 Å². The molecule has 27 heavy (non-hydrogen) atoms. The minimum atomic E-state index is -0.175. The number of benzene rings is 1. The minimum absolute atomic E-state index is 0.0847. The van der Waals surface area contributed by atoms with Gasteiger partial charge in [0.2, 0.25) is 5.78 Å². The van der Waals surface area contributed by atoms with Crippen LogP contribution in [0.4, 0.5) is 5.82 Å². The number of nitrogen functional groups attached to an aromatic ring is 1. The number of hydrogen-bond donors (Lipinski definition) is 3. The van der Waals surface area contributed by atoms with Crippen molar-refractivity contribution < 1.29 is 4.79 Å². The van der Waals surface area contributed by atoms with Crippen molar-refractivity contribution in [3.05, 3.63) is 66.0 Å². The second kappa shape index (κ2) is 5.70. The Hall–Kier alpha value is -3.61. The van der Waals surface area contributed by atoms with Crippen LogP contribution in [0, 0.1) is 0 Å². The molecule has 2 unspecified atom stereocenters. The van der Waals surface area contributed by atoms with Crippen LogP contribution in [-0.2, 0) is 0 Å². The second-order valence-corrected chi connectivity index (χ2v) is 6.78. The number of nitrogens with one attached hydrogen (secondary N) is 2. The molecule has 0 amide bonds. The Bertz CT molecular complexity index is 1130. The quantitative estimate of drug-likeness (QED) is 0.626. The highest BCUT2D eigenvalue weighted by molar-refractivity contribution is 6.12. The number of aliphatic imine (C=N–C) groups is 1. The summed E-state index contributed by atoms with van der Waals surface area (Å²) in [4.78, 5) is 20.6. The van der Waals surface area contributed by atoms with Crippen LogP contribution in [0.25, 0.3) is 16.6 Å². The number of carbonyl (C=O) groups is 1. The highest BCUT2D eigenvalue weighted by Gasteiger charge is 2.27. The van der Waals surface area contributed by atoms with E-state index in [0.717, 1.165) is 22.4 Å². The molecule has 2 atom stereocenters. The van der Waals surface area contributed by atoms with Crippen molar-refractivity contribution in [2.45, 2.75) is 19.0 Å². The largest absolute Gasteiger partial charge is 0.383 e. The summed E-state index contributed by atoms with van der Waals surface area (Å²) in [6.45, 7) is 1.94. The van der Waals surface area contributed by atoms with Gasteiger partial charge in [0.1, 0.15) is 5.82 Å². The van der Waals surface area contributed by atoms with Gasteiger partial charge in [-0.15, -0.1) is 0 Å². The molecule has 134 valence electrons. The number of fused-ring (bicyclic) bond motifs is 2. The van der Waals surface area contributed by atoms with Crippen LogP contribution in [0.1, 0.15) is 23.0 Å². The summed E-state index contributed by atoms with van der Waals surface area (Å²) >= 11 is 0. The van der Waals surface area contributed by atoms with Crippen LogP contribution >= 0.6 is 0 Å². The molecular formula is C20H18N6O. The first-order valence-corrected chi connectivity index (χ1v) is 8.77. The summed E-state index contributed by atoms with van der Waals surface area (Å²) in [7, 11) is 0. The van der Waals surface area contributed by atoms with Crippen LogP contribution in [0.15, 0.2) is 59.7 Å². The molecule has 5 rings (SSSR count). The van der Waals surface area contributed by atoms with Crippen LogP contribution < -0.4 is 11.1 Å². The molecule has 2 aromatic heterocycles. The number of allylic oxidation sites excluding steroid dienone is 2. The number of rotatable bonds is 3. The fourth-order valence-corrected chi connectivity index (χ4v) is 3.63.